The number of hydrogen-bond donors (Lipinski definition) is 3. The summed E-state index contributed by atoms with van der Waals surface area (Å²) in [5, 5.41) is 18.1. The van der Waals surface area contributed by atoms with Crippen LogP contribution in [-0.2, 0) is 6.54 Å². The van der Waals surface area contributed by atoms with E-state index in [9.17, 15) is 9.59 Å². The molecule has 0 radical (unpaired) electrons. The highest BCUT2D eigenvalue weighted by Crippen LogP contribution is 2.32. The van der Waals surface area contributed by atoms with Crippen molar-refractivity contribution in [2.75, 3.05) is 10.6 Å². The first-order valence-corrected chi connectivity index (χ1v) is 12.0. The Morgan fingerprint density at radius 1 is 1.03 bits per heavy atom. The SMILES string of the molecule is CC(C)n1cc(NC(=O)Nc2ccc(-c3cccc4c3CNC4=O)cc2)c(-c2ccc3oncc3c2)n1. The highest BCUT2D eigenvalue weighted by molar-refractivity contribution is 6.03. The Morgan fingerprint density at radius 2 is 1.81 bits per heavy atom. The van der Waals surface area contributed by atoms with E-state index in [-0.39, 0.29) is 18.0 Å². The molecule has 184 valence electrons. The summed E-state index contributed by atoms with van der Waals surface area (Å²) >= 11 is 0. The van der Waals surface area contributed by atoms with Crippen molar-refractivity contribution in [2.24, 2.45) is 0 Å². The fourth-order valence-corrected chi connectivity index (χ4v) is 4.52. The Morgan fingerprint density at radius 3 is 2.62 bits per heavy atom. The van der Waals surface area contributed by atoms with Crippen LogP contribution in [0.5, 0.6) is 0 Å². The monoisotopic (exact) mass is 492 g/mol. The first-order chi connectivity index (χ1) is 18.0. The van der Waals surface area contributed by atoms with Crippen LogP contribution in [0.25, 0.3) is 33.4 Å². The van der Waals surface area contributed by atoms with Gasteiger partial charge in [0.1, 0.15) is 5.69 Å². The van der Waals surface area contributed by atoms with Crippen LogP contribution in [0, 0.1) is 0 Å². The number of anilines is 2. The summed E-state index contributed by atoms with van der Waals surface area (Å²) in [4.78, 5) is 24.9. The van der Waals surface area contributed by atoms with Crippen LogP contribution in [0.15, 0.2) is 77.6 Å². The minimum atomic E-state index is -0.376. The number of fused-ring (bicyclic) bond motifs is 2. The topological polar surface area (TPSA) is 114 Å². The molecule has 0 fully saturated rings. The van der Waals surface area contributed by atoms with Crippen molar-refractivity contribution >= 4 is 34.3 Å². The normalized spacial score (nSPS) is 12.6. The smallest absolute Gasteiger partial charge is 0.323 e. The zero-order valence-electron chi connectivity index (χ0n) is 20.3. The third kappa shape index (κ3) is 4.20. The second-order valence-corrected chi connectivity index (χ2v) is 9.21. The van der Waals surface area contributed by atoms with Crippen molar-refractivity contribution in [1.29, 1.82) is 0 Å². The number of hydrogen-bond acceptors (Lipinski definition) is 5. The average Bonchev–Trinajstić information content (AvgIpc) is 3.63. The van der Waals surface area contributed by atoms with E-state index in [1.807, 2.05) is 85.4 Å². The van der Waals surface area contributed by atoms with Crippen molar-refractivity contribution in [3.05, 3.63) is 84.2 Å². The standard InChI is InChI=1S/C28H24N6O3/c1-16(2)34-15-24(26(33-34)18-8-11-25-19(12-18)13-30-37-25)32-28(36)31-20-9-6-17(7-10-20)21-4-3-5-22-23(21)14-29-27(22)35/h3-13,15-16H,14H2,1-2H3,(H,29,35)(H2,31,32,36). The molecule has 3 N–H and O–H groups in total. The first-order valence-electron chi connectivity index (χ1n) is 12.0. The highest BCUT2D eigenvalue weighted by atomic mass is 16.5. The molecule has 3 heterocycles. The first kappa shape index (κ1) is 22.5. The lowest BCUT2D eigenvalue weighted by Gasteiger charge is -2.10. The Bertz CT molecular complexity index is 1650. The summed E-state index contributed by atoms with van der Waals surface area (Å²) in [7, 11) is 0. The van der Waals surface area contributed by atoms with E-state index >= 15 is 0 Å². The molecule has 37 heavy (non-hydrogen) atoms. The predicted molar refractivity (Wildman–Crippen MR) is 141 cm³/mol. The van der Waals surface area contributed by atoms with E-state index in [1.54, 1.807) is 6.20 Å². The molecule has 0 saturated carbocycles. The van der Waals surface area contributed by atoms with Gasteiger partial charge in [-0.05, 0) is 66.9 Å². The summed E-state index contributed by atoms with van der Waals surface area (Å²) in [5.74, 6) is -0.0479. The minimum absolute atomic E-state index is 0.0479. The molecule has 1 aliphatic heterocycles. The molecule has 0 spiro atoms. The van der Waals surface area contributed by atoms with Crippen LogP contribution >= 0.6 is 0 Å². The number of amides is 3. The van der Waals surface area contributed by atoms with Crippen molar-refractivity contribution in [1.82, 2.24) is 20.3 Å². The van der Waals surface area contributed by atoms with Crippen LogP contribution in [0.1, 0.15) is 35.8 Å². The number of aromatic nitrogens is 3. The second kappa shape index (κ2) is 8.94. The maximum atomic E-state index is 12.9. The van der Waals surface area contributed by atoms with Crippen LogP contribution in [-0.4, -0.2) is 26.9 Å². The van der Waals surface area contributed by atoms with Gasteiger partial charge in [-0.2, -0.15) is 5.10 Å². The zero-order valence-corrected chi connectivity index (χ0v) is 20.3. The quantitative estimate of drug-likeness (QED) is 0.286. The van der Waals surface area contributed by atoms with Gasteiger partial charge in [0.25, 0.3) is 5.91 Å². The minimum Gasteiger partial charge on any atom is -0.356 e. The molecule has 5 aromatic rings. The molecule has 3 aromatic carbocycles. The van der Waals surface area contributed by atoms with E-state index < -0.39 is 0 Å². The average molecular weight is 493 g/mol. The molecule has 0 atom stereocenters. The van der Waals surface area contributed by atoms with Crippen LogP contribution < -0.4 is 16.0 Å². The summed E-state index contributed by atoms with van der Waals surface area (Å²) in [6.07, 6.45) is 3.48. The maximum Gasteiger partial charge on any atom is 0.323 e. The largest absolute Gasteiger partial charge is 0.356 e. The van der Waals surface area contributed by atoms with E-state index in [4.69, 9.17) is 9.62 Å². The van der Waals surface area contributed by atoms with Crippen molar-refractivity contribution in [3.63, 3.8) is 0 Å². The van der Waals surface area contributed by atoms with Gasteiger partial charge in [0.2, 0.25) is 0 Å². The molecular formula is C28H24N6O3. The van der Waals surface area contributed by atoms with Gasteiger partial charge < -0.3 is 20.5 Å². The molecule has 6 rings (SSSR count). The van der Waals surface area contributed by atoms with Crippen molar-refractivity contribution < 1.29 is 14.1 Å². The molecule has 2 aromatic heterocycles. The Labute approximate surface area is 212 Å². The van der Waals surface area contributed by atoms with Gasteiger partial charge in [-0.1, -0.05) is 29.4 Å². The van der Waals surface area contributed by atoms with Gasteiger partial charge in [-0.25, -0.2) is 4.79 Å². The highest BCUT2D eigenvalue weighted by Gasteiger charge is 2.22. The van der Waals surface area contributed by atoms with E-state index in [0.29, 0.717) is 34.8 Å². The van der Waals surface area contributed by atoms with Gasteiger partial charge in [0, 0.05) is 41.0 Å². The number of nitrogens with one attached hydrogen (secondary N) is 3. The summed E-state index contributed by atoms with van der Waals surface area (Å²) in [6.45, 7) is 4.57. The van der Waals surface area contributed by atoms with E-state index in [1.165, 1.54) is 0 Å². The lowest BCUT2D eigenvalue weighted by molar-refractivity contribution is 0.0965. The lowest BCUT2D eigenvalue weighted by atomic mass is 9.97. The number of carbonyl (C=O) groups excluding carboxylic acids is 2. The number of nitrogens with zero attached hydrogens (tertiary/aromatic N) is 3. The maximum absolute atomic E-state index is 12.9. The van der Waals surface area contributed by atoms with Crippen LogP contribution in [0.4, 0.5) is 16.2 Å². The number of carbonyl (C=O) groups is 2. The van der Waals surface area contributed by atoms with E-state index in [0.717, 1.165) is 27.6 Å². The van der Waals surface area contributed by atoms with Gasteiger partial charge >= 0.3 is 6.03 Å². The van der Waals surface area contributed by atoms with Gasteiger partial charge in [0.05, 0.1) is 11.9 Å². The number of urea groups is 1. The molecule has 1 aliphatic rings. The summed E-state index contributed by atoms with van der Waals surface area (Å²) in [6, 6.07) is 18.7. The van der Waals surface area contributed by atoms with E-state index in [2.05, 4.69) is 21.1 Å². The molecule has 0 bridgehead atoms. The third-order valence-corrected chi connectivity index (χ3v) is 6.44. The lowest BCUT2D eigenvalue weighted by Crippen LogP contribution is -2.19. The molecule has 0 saturated heterocycles. The van der Waals surface area contributed by atoms with Crippen LogP contribution in [0.2, 0.25) is 0 Å². The van der Waals surface area contributed by atoms with Crippen molar-refractivity contribution in [2.45, 2.75) is 26.4 Å². The van der Waals surface area contributed by atoms with Gasteiger partial charge in [-0.15, -0.1) is 0 Å². The molecular weight excluding hydrogens is 468 g/mol. The van der Waals surface area contributed by atoms with Crippen LogP contribution in [0.3, 0.4) is 0 Å². The zero-order chi connectivity index (χ0) is 25.5. The molecule has 0 aliphatic carbocycles. The van der Waals surface area contributed by atoms with Gasteiger partial charge in [0.15, 0.2) is 5.58 Å². The fourth-order valence-electron chi connectivity index (χ4n) is 4.52. The summed E-state index contributed by atoms with van der Waals surface area (Å²) < 4.78 is 7.02. The molecule has 3 amide bonds. The van der Waals surface area contributed by atoms with Gasteiger partial charge in [-0.3, -0.25) is 9.48 Å². The number of rotatable bonds is 5. The Hall–Kier alpha value is -4.92. The fraction of sp³-hybridized carbons (Fsp3) is 0.143. The molecule has 9 heteroatoms. The predicted octanol–water partition coefficient (Wildman–Crippen LogP) is 5.83. The number of benzene rings is 3. The summed E-state index contributed by atoms with van der Waals surface area (Å²) in [5.41, 5.74) is 7.10. The third-order valence-electron chi connectivity index (χ3n) is 6.44. The molecule has 9 nitrogen and oxygen atoms in total. The Balaban J connectivity index is 1.22. The Kier molecular flexibility index (Phi) is 5.45. The van der Waals surface area contributed by atoms with Crippen molar-refractivity contribution in [3.8, 4) is 22.4 Å². The second-order valence-electron chi connectivity index (χ2n) is 9.21. The molecule has 0 unspecified atom stereocenters.